The maximum absolute atomic E-state index is 12.9. The van der Waals surface area contributed by atoms with Gasteiger partial charge in [0.05, 0.1) is 5.92 Å². The summed E-state index contributed by atoms with van der Waals surface area (Å²) < 4.78 is 12.9. The van der Waals surface area contributed by atoms with Crippen LogP contribution in [-0.2, 0) is 9.59 Å². The molecule has 0 bridgehead atoms. The average molecular weight is 337 g/mol. The number of nitrogens with one attached hydrogen (secondary N) is 1. The summed E-state index contributed by atoms with van der Waals surface area (Å²) in [6.07, 6.45) is 0.893. The lowest BCUT2D eigenvalue weighted by molar-refractivity contribution is -0.144. The van der Waals surface area contributed by atoms with E-state index in [1.807, 2.05) is 7.05 Å². The number of amides is 1. The van der Waals surface area contributed by atoms with Crippen molar-refractivity contribution in [2.75, 3.05) is 45.1 Å². The van der Waals surface area contributed by atoms with E-state index in [0.717, 1.165) is 32.6 Å². The van der Waals surface area contributed by atoms with Crippen molar-refractivity contribution in [3.05, 3.63) is 30.1 Å². The molecule has 1 atom stereocenters. The number of likely N-dealkylation sites (N-methyl/N-ethyl adjacent to an activating group) is 1. The van der Waals surface area contributed by atoms with Crippen molar-refractivity contribution >= 4 is 17.6 Å². The van der Waals surface area contributed by atoms with Crippen molar-refractivity contribution in [2.45, 2.75) is 12.8 Å². The van der Waals surface area contributed by atoms with E-state index in [1.54, 1.807) is 0 Å². The topological polar surface area (TPSA) is 72.9 Å². The normalized spacial score (nSPS) is 17.9. The summed E-state index contributed by atoms with van der Waals surface area (Å²) in [5.41, 5.74) is 0.460. The molecule has 1 aliphatic heterocycles. The minimum Gasteiger partial charge on any atom is -0.481 e. The summed E-state index contributed by atoms with van der Waals surface area (Å²) in [4.78, 5) is 27.9. The van der Waals surface area contributed by atoms with Gasteiger partial charge in [-0.05, 0) is 50.8 Å². The van der Waals surface area contributed by atoms with Gasteiger partial charge >= 0.3 is 5.97 Å². The monoisotopic (exact) mass is 337 g/mol. The number of halogens is 1. The number of hydrogen-bond acceptors (Lipinski definition) is 4. The number of rotatable bonds is 6. The number of benzene rings is 1. The zero-order valence-electron chi connectivity index (χ0n) is 13.9. The van der Waals surface area contributed by atoms with Crippen molar-refractivity contribution in [1.82, 2.24) is 9.80 Å². The van der Waals surface area contributed by atoms with E-state index in [1.165, 1.54) is 24.3 Å². The summed E-state index contributed by atoms with van der Waals surface area (Å²) in [6, 6.07) is 5.40. The van der Waals surface area contributed by atoms with Gasteiger partial charge in [0.1, 0.15) is 5.82 Å². The van der Waals surface area contributed by atoms with Gasteiger partial charge in [-0.2, -0.15) is 0 Å². The molecule has 2 N–H and O–H groups in total. The maximum Gasteiger partial charge on any atom is 0.308 e. The molecule has 0 aromatic heterocycles. The van der Waals surface area contributed by atoms with Gasteiger partial charge in [-0.25, -0.2) is 4.39 Å². The minimum absolute atomic E-state index is 0.0982. The van der Waals surface area contributed by atoms with E-state index in [9.17, 15) is 19.1 Å². The van der Waals surface area contributed by atoms with E-state index >= 15 is 0 Å². The Kier molecular flexibility index (Phi) is 6.69. The first-order valence-electron chi connectivity index (χ1n) is 8.13. The molecule has 24 heavy (non-hydrogen) atoms. The highest BCUT2D eigenvalue weighted by atomic mass is 19.1. The van der Waals surface area contributed by atoms with E-state index in [0.29, 0.717) is 12.2 Å². The van der Waals surface area contributed by atoms with Crippen LogP contribution < -0.4 is 5.32 Å². The molecular weight excluding hydrogens is 313 g/mol. The third-order valence-electron chi connectivity index (χ3n) is 4.20. The number of carboxylic acids is 1. The lowest BCUT2D eigenvalue weighted by atomic mass is 10.0. The van der Waals surface area contributed by atoms with Crippen LogP contribution in [0.2, 0.25) is 0 Å². The lowest BCUT2D eigenvalue weighted by Gasteiger charge is -2.23. The molecule has 132 valence electrons. The number of nitrogens with zero attached hydrogens (tertiary/aromatic N) is 2. The SMILES string of the molecule is CN1CCCN(CC(CC(=O)Nc2ccc(F)cc2)C(=O)O)CC1. The van der Waals surface area contributed by atoms with Gasteiger partial charge in [-0.1, -0.05) is 0 Å². The Morgan fingerprint density at radius 2 is 1.92 bits per heavy atom. The molecule has 1 saturated heterocycles. The predicted molar refractivity (Wildman–Crippen MR) is 89.3 cm³/mol. The number of carbonyl (C=O) groups excluding carboxylic acids is 1. The Hall–Kier alpha value is -1.99. The van der Waals surface area contributed by atoms with Crippen LogP contribution in [0.4, 0.5) is 10.1 Å². The molecular formula is C17H24FN3O3. The standard InChI is InChI=1S/C17H24FN3O3/c1-20-7-2-8-21(10-9-20)12-13(17(23)24)11-16(22)19-15-5-3-14(18)4-6-15/h3-6,13H,2,7-12H2,1H3,(H,19,22)(H,23,24). The first-order chi connectivity index (χ1) is 11.4. The fraction of sp³-hybridized carbons (Fsp3) is 0.529. The molecule has 0 radical (unpaired) electrons. The van der Waals surface area contributed by atoms with Crippen molar-refractivity contribution in [3.8, 4) is 0 Å². The number of anilines is 1. The number of carboxylic acid groups (broad SMARTS) is 1. The first kappa shape index (κ1) is 18.4. The van der Waals surface area contributed by atoms with Crippen LogP contribution in [0.15, 0.2) is 24.3 Å². The van der Waals surface area contributed by atoms with E-state index in [-0.39, 0.29) is 18.1 Å². The fourth-order valence-corrected chi connectivity index (χ4v) is 2.79. The number of carbonyl (C=O) groups is 2. The highest BCUT2D eigenvalue weighted by molar-refractivity contribution is 5.93. The quantitative estimate of drug-likeness (QED) is 0.823. The van der Waals surface area contributed by atoms with Gasteiger partial charge in [0, 0.05) is 31.7 Å². The lowest BCUT2D eigenvalue weighted by Crippen LogP contribution is -2.37. The van der Waals surface area contributed by atoms with Crippen LogP contribution in [0.5, 0.6) is 0 Å². The highest BCUT2D eigenvalue weighted by Crippen LogP contribution is 2.13. The van der Waals surface area contributed by atoms with Crippen molar-refractivity contribution in [2.24, 2.45) is 5.92 Å². The van der Waals surface area contributed by atoms with Crippen LogP contribution >= 0.6 is 0 Å². The number of aliphatic carboxylic acids is 1. The fourth-order valence-electron chi connectivity index (χ4n) is 2.79. The van der Waals surface area contributed by atoms with Crippen LogP contribution in [0.25, 0.3) is 0 Å². The van der Waals surface area contributed by atoms with Crippen molar-refractivity contribution in [3.63, 3.8) is 0 Å². The molecule has 1 unspecified atom stereocenters. The van der Waals surface area contributed by atoms with Gasteiger partial charge < -0.3 is 20.2 Å². The number of hydrogen-bond donors (Lipinski definition) is 2. The molecule has 1 fully saturated rings. The van der Waals surface area contributed by atoms with Gasteiger partial charge in [0.15, 0.2) is 0 Å². The summed E-state index contributed by atoms with van der Waals surface area (Å²) in [6.45, 7) is 3.90. The molecule has 0 aliphatic carbocycles. The highest BCUT2D eigenvalue weighted by Gasteiger charge is 2.25. The Labute approximate surface area is 141 Å². The molecule has 1 aromatic rings. The van der Waals surface area contributed by atoms with E-state index in [4.69, 9.17) is 0 Å². The van der Waals surface area contributed by atoms with Gasteiger partial charge in [-0.3, -0.25) is 9.59 Å². The third-order valence-corrected chi connectivity index (χ3v) is 4.20. The molecule has 1 heterocycles. The molecule has 7 heteroatoms. The van der Waals surface area contributed by atoms with Crippen LogP contribution in [0, 0.1) is 11.7 Å². The molecule has 1 aliphatic rings. The molecule has 0 saturated carbocycles. The summed E-state index contributed by atoms with van der Waals surface area (Å²) >= 11 is 0. The van der Waals surface area contributed by atoms with Crippen LogP contribution in [-0.4, -0.2) is 66.6 Å². The second-order valence-electron chi connectivity index (χ2n) is 6.25. The van der Waals surface area contributed by atoms with Gasteiger partial charge in [0.2, 0.25) is 5.91 Å². The van der Waals surface area contributed by atoms with E-state index in [2.05, 4.69) is 15.1 Å². The second-order valence-corrected chi connectivity index (χ2v) is 6.25. The van der Waals surface area contributed by atoms with Gasteiger partial charge in [0.25, 0.3) is 0 Å². The predicted octanol–water partition coefficient (Wildman–Crippen LogP) is 1.49. The zero-order valence-corrected chi connectivity index (χ0v) is 13.9. The first-order valence-corrected chi connectivity index (χ1v) is 8.13. The van der Waals surface area contributed by atoms with Crippen molar-refractivity contribution < 1.29 is 19.1 Å². The minimum atomic E-state index is -0.971. The van der Waals surface area contributed by atoms with Crippen LogP contribution in [0.1, 0.15) is 12.8 Å². The van der Waals surface area contributed by atoms with Crippen molar-refractivity contribution in [1.29, 1.82) is 0 Å². The summed E-state index contributed by atoms with van der Waals surface area (Å²) in [7, 11) is 2.05. The summed E-state index contributed by atoms with van der Waals surface area (Å²) in [5.74, 6) is -2.49. The Morgan fingerprint density at radius 1 is 1.21 bits per heavy atom. The Bertz CT molecular complexity index is 565. The summed E-state index contributed by atoms with van der Waals surface area (Å²) in [5, 5.41) is 12.0. The molecule has 1 aromatic carbocycles. The molecule has 6 nitrogen and oxygen atoms in total. The Balaban J connectivity index is 1.89. The molecule has 0 spiro atoms. The smallest absolute Gasteiger partial charge is 0.308 e. The average Bonchev–Trinajstić information content (AvgIpc) is 2.73. The maximum atomic E-state index is 12.9. The van der Waals surface area contributed by atoms with Crippen LogP contribution in [0.3, 0.4) is 0 Å². The molecule has 2 rings (SSSR count). The third kappa shape index (κ3) is 5.90. The molecule has 1 amide bonds. The van der Waals surface area contributed by atoms with Gasteiger partial charge in [-0.15, -0.1) is 0 Å². The largest absolute Gasteiger partial charge is 0.481 e. The second kappa shape index (κ2) is 8.75. The van der Waals surface area contributed by atoms with E-state index < -0.39 is 11.9 Å². The Morgan fingerprint density at radius 3 is 2.58 bits per heavy atom. The zero-order chi connectivity index (χ0) is 17.5.